The van der Waals surface area contributed by atoms with E-state index >= 15 is 0 Å². The van der Waals surface area contributed by atoms with Gasteiger partial charge >= 0.3 is 0 Å². The topological polar surface area (TPSA) is 37.5 Å². The van der Waals surface area contributed by atoms with Crippen LogP contribution >= 0.6 is 11.6 Å². The standard InChI is InChI=1S/C15H19ClN2O/c16-12-7-13(14-8-17-10-18(14)9-12)15(19)6-11-4-2-1-3-5-11/h7-11,15,19H,1-6H2. The van der Waals surface area contributed by atoms with E-state index in [1.807, 2.05) is 16.7 Å². The van der Waals surface area contributed by atoms with Crippen molar-refractivity contribution in [2.75, 3.05) is 0 Å². The van der Waals surface area contributed by atoms with E-state index in [0.29, 0.717) is 10.9 Å². The van der Waals surface area contributed by atoms with Crippen molar-refractivity contribution < 1.29 is 5.11 Å². The number of aliphatic hydroxyl groups excluding tert-OH is 1. The summed E-state index contributed by atoms with van der Waals surface area (Å²) in [6.45, 7) is 0. The van der Waals surface area contributed by atoms with Crippen LogP contribution in [0, 0.1) is 5.92 Å². The molecule has 0 bridgehead atoms. The predicted molar refractivity (Wildman–Crippen MR) is 76.4 cm³/mol. The number of nitrogens with zero attached hydrogens (tertiary/aromatic N) is 2. The van der Waals surface area contributed by atoms with Crippen LogP contribution in [0.2, 0.25) is 5.02 Å². The van der Waals surface area contributed by atoms with Gasteiger partial charge < -0.3 is 9.51 Å². The third kappa shape index (κ3) is 2.77. The Morgan fingerprint density at radius 2 is 2.16 bits per heavy atom. The highest BCUT2D eigenvalue weighted by Gasteiger charge is 2.20. The maximum absolute atomic E-state index is 10.5. The number of hydrogen-bond acceptors (Lipinski definition) is 2. The molecule has 0 amide bonds. The first-order valence-electron chi connectivity index (χ1n) is 7.03. The summed E-state index contributed by atoms with van der Waals surface area (Å²) < 4.78 is 1.88. The van der Waals surface area contributed by atoms with Gasteiger partial charge in [0.25, 0.3) is 0 Å². The maximum Gasteiger partial charge on any atom is 0.0992 e. The van der Waals surface area contributed by atoms with Gasteiger partial charge in [0, 0.05) is 11.8 Å². The molecule has 1 N–H and O–H groups in total. The molecular formula is C15H19ClN2O. The normalized spacial score (nSPS) is 18.8. The lowest BCUT2D eigenvalue weighted by Gasteiger charge is -2.24. The van der Waals surface area contributed by atoms with Crippen LogP contribution in [0.4, 0.5) is 0 Å². The predicted octanol–water partition coefficient (Wildman–Crippen LogP) is 3.99. The smallest absolute Gasteiger partial charge is 0.0992 e. The number of halogens is 1. The van der Waals surface area contributed by atoms with Crippen molar-refractivity contribution in [3.05, 3.63) is 35.4 Å². The zero-order valence-corrected chi connectivity index (χ0v) is 11.7. The second-order valence-corrected chi connectivity index (χ2v) is 5.99. The fourth-order valence-corrected chi connectivity index (χ4v) is 3.38. The summed E-state index contributed by atoms with van der Waals surface area (Å²) >= 11 is 6.11. The summed E-state index contributed by atoms with van der Waals surface area (Å²) in [4.78, 5) is 4.13. The second-order valence-electron chi connectivity index (χ2n) is 5.56. The molecule has 0 spiro atoms. The highest BCUT2D eigenvalue weighted by molar-refractivity contribution is 6.30. The third-order valence-electron chi connectivity index (χ3n) is 4.16. The molecule has 1 unspecified atom stereocenters. The zero-order chi connectivity index (χ0) is 13.2. The van der Waals surface area contributed by atoms with Crippen molar-refractivity contribution in [3.63, 3.8) is 0 Å². The molecule has 0 saturated heterocycles. The van der Waals surface area contributed by atoms with Gasteiger partial charge in [-0.3, -0.25) is 0 Å². The Morgan fingerprint density at radius 1 is 1.37 bits per heavy atom. The van der Waals surface area contributed by atoms with Gasteiger partial charge in [-0.2, -0.15) is 0 Å². The first-order valence-corrected chi connectivity index (χ1v) is 7.41. The molecule has 1 atom stereocenters. The molecule has 3 nitrogen and oxygen atoms in total. The molecule has 4 heteroatoms. The fourth-order valence-electron chi connectivity index (χ4n) is 3.16. The summed E-state index contributed by atoms with van der Waals surface area (Å²) in [5.41, 5.74) is 1.85. The zero-order valence-electron chi connectivity index (χ0n) is 10.9. The van der Waals surface area contributed by atoms with Gasteiger partial charge in [-0.15, -0.1) is 0 Å². The van der Waals surface area contributed by atoms with E-state index in [-0.39, 0.29) is 0 Å². The Morgan fingerprint density at radius 3 is 2.95 bits per heavy atom. The molecule has 2 aromatic heterocycles. The minimum absolute atomic E-state index is 0.444. The van der Waals surface area contributed by atoms with Crippen molar-refractivity contribution >= 4 is 17.1 Å². The fraction of sp³-hybridized carbons (Fsp3) is 0.533. The summed E-state index contributed by atoms with van der Waals surface area (Å²) in [6.07, 6.45) is 12.2. The van der Waals surface area contributed by atoms with Gasteiger partial charge in [0.1, 0.15) is 0 Å². The summed E-state index contributed by atoms with van der Waals surface area (Å²) in [6, 6.07) is 1.87. The number of aliphatic hydroxyl groups is 1. The Kier molecular flexibility index (Phi) is 3.76. The average molecular weight is 279 g/mol. The summed E-state index contributed by atoms with van der Waals surface area (Å²) in [5.74, 6) is 0.644. The molecule has 3 rings (SSSR count). The van der Waals surface area contributed by atoms with E-state index in [0.717, 1.165) is 17.5 Å². The van der Waals surface area contributed by atoms with E-state index in [1.165, 1.54) is 32.1 Å². The Labute approximate surface area is 118 Å². The number of rotatable bonds is 3. The van der Waals surface area contributed by atoms with Crippen molar-refractivity contribution in [1.29, 1.82) is 0 Å². The molecular weight excluding hydrogens is 260 g/mol. The Bertz CT molecular complexity index is 560. The molecule has 19 heavy (non-hydrogen) atoms. The van der Waals surface area contributed by atoms with Gasteiger partial charge in [-0.25, -0.2) is 4.98 Å². The van der Waals surface area contributed by atoms with Crippen molar-refractivity contribution in [2.24, 2.45) is 5.92 Å². The molecule has 2 heterocycles. The van der Waals surface area contributed by atoms with Crippen LogP contribution in [-0.2, 0) is 0 Å². The Hall–Kier alpha value is -1.06. The molecule has 102 valence electrons. The lowest BCUT2D eigenvalue weighted by atomic mass is 9.84. The van der Waals surface area contributed by atoms with Crippen LogP contribution in [0.3, 0.4) is 0 Å². The molecule has 1 aliphatic rings. The van der Waals surface area contributed by atoms with Gasteiger partial charge in [0.15, 0.2) is 0 Å². The molecule has 2 aromatic rings. The molecule has 1 aliphatic carbocycles. The molecule has 0 aromatic carbocycles. The van der Waals surface area contributed by atoms with E-state index in [1.54, 1.807) is 12.5 Å². The monoisotopic (exact) mass is 278 g/mol. The van der Waals surface area contributed by atoms with Crippen LogP contribution in [-0.4, -0.2) is 14.5 Å². The molecule has 0 aliphatic heterocycles. The van der Waals surface area contributed by atoms with E-state index in [2.05, 4.69) is 4.98 Å². The third-order valence-corrected chi connectivity index (χ3v) is 4.36. The number of hydrogen-bond donors (Lipinski definition) is 1. The lowest BCUT2D eigenvalue weighted by molar-refractivity contribution is 0.132. The molecule has 0 radical (unpaired) electrons. The van der Waals surface area contributed by atoms with Crippen LogP contribution < -0.4 is 0 Å². The highest BCUT2D eigenvalue weighted by atomic mass is 35.5. The number of imidazole rings is 1. The number of pyridine rings is 1. The van der Waals surface area contributed by atoms with Crippen LogP contribution in [0.5, 0.6) is 0 Å². The van der Waals surface area contributed by atoms with Gasteiger partial charge in [0.05, 0.1) is 29.2 Å². The van der Waals surface area contributed by atoms with Gasteiger partial charge in [-0.05, 0) is 18.4 Å². The van der Waals surface area contributed by atoms with Crippen LogP contribution in [0.1, 0.15) is 50.2 Å². The van der Waals surface area contributed by atoms with E-state index in [4.69, 9.17) is 11.6 Å². The van der Waals surface area contributed by atoms with Crippen LogP contribution in [0.25, 0.3) is 5.52 Å². The van der Waals surface area contributed by atoms with Gasteiger partial charge in [0.2, 0.25) is 0 Å². The average Bonchev–Trinajstić information content (AvgIpc) is 2.86. The van der Waals surface area contributed by atoms with E-state index < -0.39 is 6.10 Å². The summed E-state index contributed by atoms with van der Waals surface area (Å²) in [7, 11) is 0. The minimum Gasteiger partial charge on any atom is -0.388 e. The van der Waals surface area contributed by atoms with Crippen LogP contribution in [0.15, 0.2) is 24.8 Å². The van der Waals surface area contributed by atoms with E-state index in [9.17, 15) is 5.11 Å². The minimum atomic E-state index is -0.444. The SMILES string of the molecule is OC(CC1CCCCC1)c1cc(Cl)cn2cncc12. The maximum atomic E-state index is 10.5. The number of aromatic nitrogens is 2. The highest BCUT2D eigenvalue weighted by Crippen LogP contribution is 2.33. The molecule has 1 fully saturated rings. The first-order chi connectivity index (χ1) is 9.24. The molecule has 1 saturated carbocycles. The summed E-state index contributed by atoms with van der Waals surface area (Å²) in [5, 5.41) is 11.2. The Balaban J connectivity index is 1.83. The second kappa shape index (κ2) is 5.51. The first kappa shape index (κ1) is 12.9. The van der Waals surface area contributed by atoms with Gasteiger partial charge in [-0.1, -0.05) is 43.7 Å². The quantitative estimate of drug-likeness (QED) is 0.922. The lowest BCUT2D eigenvalue weighted by Crippen LogP contribution is -2.11. The largest absolute Gasteiger partial charge is 0.388 e. The van der Waals surface area contributed by atoms with Crippen molar-refractivity contribution in [2.45, 2.75) is 44.6 Å². The van der Waals surface area contributed by atoms with Crippen molar-refractivity contribution in [1.82, 2.24) is 9.38 Å². The van der Waals surface area contributed by atoms with Crippen molar-refractivity contribution in [3.8, 4) is 0 Å². The number of fused-ring (bicyclic) bond motifs is 1.